The molecule has 0 aliphatic carbocycles. The van der Waals surface area contributed by atoms with Crippen molar-refractivity contribution in [3.8, 4) is 0 Å². The average molecular weight is 280 g/mol. The minimum absolute atomic E-state index is 0.0693. The molecule has 7 heteroatoms. The summed E-state index contributed by atoms with van der Waals surface area (Å²) in [4.78, 5) is 15.9. The zero-order valence-electron chi connectivity index (χ0n) is 11.4. The summed E-state index contributed by atoms with van der Waals surface area (Å²) >= 11 is 0. The molecule has 1 unspecified atom stereocenters. The third-order valence-corrected chi connectivity index (χ3v) is 3.00. The fourth-order valence-electron chi connectivity index (χ4n) is 1.95. The molecule has 7 nitrogen and oxygen atoms in total. The van der Waals surface area contributed by atoms with Crippen LogP contribution in [-0.4, -0.2) is 42.4 Å². The van der Waals surface area contributed by atoms with Gasteiger partial charge in [-0.15, -0.1) is 6.58 Å². The standard InChI is InChI=1S/C13H20N4O3/c1-2-3-8-19-9-7-15-12(18)11-16-13(20-17-11)10-5-4-6-14-10/h2,10,14H,1,3-9H2,(H,15,18). The van der Waals surface area contributed by atoms with Crippen molar-refractivity contribution < 1.29 is 14.1 Å². The van der Waals surface area contributed by atoms with E-state index >= 15 is 0 Å². The summed E-state index contributed by atoms with van der Waals surface area (Å²) in [5.41, 5.74) is 0. The Morgan fingerprint density at radius 2 is 2.50 bits per heavy atom. The lowest BCUT2D eigenvalue weighted by atomic mass is 10.2. The van der Waals surface area contributed by atoms with Crippen molar-refractivity contribution in [2.24, 2.45) is 0 Å². The molecule has 110 valence electrons. The number of hydrogen-bond acceptors (Lipinski definition) is 6. The van der Waals surface area contributed by atoms with E-state index in [0.29, 0.717) is 25.6 Å². The maximum Gasteiger partial charge on any atom is 0.292 e. The Morgan fingerprint density at radius 1 is 1.60 bits per heavy atom. The first-order valence-corrected chi connectivity index (χ1v) is 6.85. The number of carbonyl (C=O) groups is 1. The number of rotatable bonds is 8. The van der Waals surface area contributed by atoms with E-state index in [1.54, 1.807) is 6.08 Å². The molecular formula is C13H20N4O3. The van der Waals surface area contributed by atoms with Gasteiger partial charge in [-0.3, -0.25) is 4.79 Å². The second kappa shape index (κ2) is 7.76. The van der Waals surface area contributed by atoms with Crippen molar-refractivity contribution in [3.63, 3.8) is 0 Å². The molecule has 1 aliphatic rings. The summed E-state index contributed by atoms with van der Waals surface area (Å²) in [6, 6.07) is 0.0753. The normalized spacial score (nSPS) is 18.1. The van der Waals surface area contributed by atoms with Crippen LogP contribution in [0.4, 0.5) is 0 Å². The summed E-state index contributed by atoms with van der Waals surface area (Å²) in [7, 11) is 0. The number of carbonyl (C=O) groups excluding carboxylic acids is 1. The third kappa shape index (κ3) is 4.14. The van der Waals surface area contributed by atoms with E-state index in [1.165, 1.54) is 0 Å². The number of nitrogens with one attached hydrogen (secondary N) is 2. The van der Waals surface area contributed by atoms with Gasteiger partial charge in [-0.05, 0) is 25.8 Å². The van der Waals surface area contributed by atoms with Gasteiger partial charge in [0.2, 0.25) is 5.89 Å². The number of amides is 1. The SMILES string of the molecule is C=CCCOCCNC(=O)c1noc(C2CCCN2)n1. The van der Waals surface area contributed by atoms with Crippen LogP contribution in [0.25, 0.3) is 0 Å². The smallest absolute Gasteiger partial charge is 0.292 e. The van der Waals surface area contributed by atoms with Crippen LogP contribution < -0.4 is 10.6 Å². The van der Waals surface area contributed by atoms with Gasteiger partial charge in [-0.1, -0.05) is 11.2 Å². The molecule has 2 rings (SSSR count). The Kier molecular flexibility index (Phi) is 5.69. The lowest BCUT2D eigenvalue weighted by molar-refractivity contribution is 0.0905. The number of nitrogens with zero attached hydrogens (tertiary/aromatic N) is 2. The zero-order chi connectivity index (χ0) is 14.2. The van der Waals surface area contributed by atoms with Crippen LogP contribution >= 0.6 is 0 Å². The van der Waals surface area contributed by atoms with Crippen molar-refractivity contribution >= 4 is 5.91 Å². The second-order valence-corrected chi connectivity index (χ2v) is 4.55. The molecule has 0 bridgehead atoms. The van der Waals surface area contributed by atoms with E-state index in [0.717, 1.165) is 25.8 Å². The van der Waals surface area contributed by atoms with Gasteiger partial charge in [0, 0.05) is 6.54 Å². The Labute approximate surface area is 117 Å². The van der Waals surface area contributed by atoms with E-state index < -0.39 is 0 Å². The van der Waals surface area contributed by atoms with Crippen LogP contribution in [0.2, 0.25) is 0 Å². The van der Waals surface area contributed by atoms with Crippen molar-refractivity contribution in [2.45, 2.75) is 25.3 Å². The molecule has 0 saturated carbocycles. The summed E-state index contributed by atoms with van der Waals surface area (Å²) in [5, 5.41) is 9.62. The van der Waals surface area contributed by atoms with E-state index in [9.17, 15) is 4.79 Å². The fraction of sp³-hybridized carbons (Fsp3) is 0.615. The summed E-state index contributed by atoms with van der Waals surface area (Å²) in [5.74, 6) is 0.208. The highest BCUT2D eigenvalue weighted by molar-refractivity contribution is 5.90. The van der Waals surface area contributed by atoms with Gasteiger partial charge in [-0.2, -0.15) is 4.98 Å². The van der Waals surface area contributed by atoms with Gasteiger partial charge in [0.15, 0.2) is 0 Å². The van der Waals surface area contributed by atoms with Gasteiger partial charge < -0.3 is 19.9 Å². The van der Waals surface area contributed by atoms with Gasteiger partial charge in [0.1, 0.15) is 0 Å². The topological polar surface area (TPSA) is 89.3 Å². The first-order chi connectivity index (χ1) is 9.81. The third-order valence-electron chi connectivity index (χ3n) is 3.00. The van der Waals surface area contributed by atoms with Gasteiger partial charge in [-0.25, -0.2) is 0 Å². The molecule has 0 spiro atoms. The van der Waals surface area contributed by atoms with Crippen molar-refractivity contribution in [1.29, 1.82) is 0 Å². The number of hydrogen-bond donors (Lipinski definition) is 2. The molecule has 1 saturated heterocycles. The minimum Gasteiger partial charge on any atom is -0.379 e. The molecule has 1 aliphatic heterocycles. The second-order valence-electron chi connectivity index (χ2n) is 4.55. The molecule has 1 aromatic heterocycles. The molecule has 1 atom stereocenters. The maximum atomic E-state index is 11.8. The lowest BCUT2D eigenvalue weighted by Gasteiger charge is -2.03. The van der Waals surface area contributed by atoms with E-state index in [1.807, 2.05) is 0 Å². The Bertz CT molecular complexity index is 441. The first-order valence-electron chi connectivity index (χ1n) is 6.85. The highest BCUT2D eigenvalue weighted by Crippen LogP contribution is 2.20. The van der Waals surface area contributed by atoms with Gasteiger partial charge in [0.25, 0.3) is 11.7 Å². The van der Waals surface area contributed by atoms with Gasteiger partial charge in [0.05, 0.1) is 19.3 Å². The predicted molar refractivity (Wildman–Crippen MR) is 72.2 cm³/mol. The average Bonchev–Trinajstić information content (AvgIpc) is 3.12. The Morgan fingerprint density at radius 3 is 3.25 bits per heavy atom. The Hall–Kier alpha value is -1.73. The van der Waals surface area contributed by atoms with Crippen LogP contribution in [0.1, 0.15) is 41.8 Å². The zero-order valence-corrected chi connectivity index (χ0v) is 11.4. The number of ether oxygens (including phenoxy) is 1. The van der Waals surface area contributed by atoms with Crippen LogP contribution in [0.3, 0.4) is 0 Å². The van der Waals surface area contributed by atoms with Gasteiger partial charge >= 0.3 is 0 Å². The predicted octanol–water partition coefficient (Wildman–Crippen LogP) is 0.817. The minimum atomic E-state index is -0.342. The molecule has 1 fully saturated rings. The molecule has 0 aromatic carbocycles. The van der Waals surface area contributed by atoms with Crippen molar-refractivity contribution in [2.75, 3.05) is 26.3 Å². The first kappa shape index (κ1) is 14.7. The molecule has 20 heavy (non-hydrogen) atoms. The molecule has 1 amide bonds. The highest BCUT2D eigenvalue weighted by atomic mass is 16.5. The number of aromatic nitrogens is 2. The van der Waals surface area contributed by atoms with Crippen molar-refractivity contribution in [1.82, 2.24) is 20.8 Å². The van der Waals surface area contributed by atoms with Crippen LogP contribution in [0.15, 0.2) is 17.2 Å². The lowest BCUT2D eigenvalue weighted by Crippen LogP contribution is -2.28. The highest BCUT2D eigenvalue weighted by Gasteiger charge is 2.24. The van der Waals surface area contributed by atoms with E-state index in [-0.39, 0.29) is 17.8 Å². The van der Waals surface area contributed by atoms with Crippen molar-refractivity contribution in [3.05, 3.63) is 24.4 Å². The van der Waals surface area contributed by atoms with Crippen LogP contribution in [0.5, 0.6) is 0 Å². The summed E-state index contributed by atoms with van der Waals surface area (Å²) in [6.07, 6.45) is 4.63. The summed E-state index contributed by atoms with van der Waals surface area (Å²) in [6.45, 7) is 6.02. The quantitative estimate of drug-likeness (QED) is 0.541. The fourth-order valence-corrected chi connectivity index (χ4v) is 1.95. The monoisotopic (exact) mass is 280 g/mol. The largest absolute Gasteiger partial charge is 0.379 e. The molecule has 0 radical (unpaired) electrons. The molecule has 1 aromatic rings. The van der Waals surface area contributed by atoms with E-state index in [2.05, 4.69) is 27.4 Å². The molecule has 2 N–H and O–H groups in total. The van der Waals surface area contributed by atoms with Crippen LogP contribution in [-0.2, 0) is 4.74 Å². The summed E-state index contributed by atoms with van der Waals surface area (Å²) < 4.78 is 10.4. The molecular weight excluding hydrogens is 260 g/mol. The van der Waals surface area contributed by atoms with E-state index in [4.69, 9.17) is 9.26 Å². The maximum absolute atomic E-state index is 11.8. The van der Waals surface area contributed by atoms with Crippen LogP contribution in [0, 0.1) is 0 Å². The molecule has 2 heterocycles. The Balaban J connectivity index is 1.71.